The van der Waals surface area contributed by atoms with Crippen LogP contribution in [-0.4, -0.2) is 52.5 Å². The third-order valence-corrected chi connectivity index (χ3v) is 7.41. The number of aliphatic hydroxyl groups is 1. The van der Waals surface area contributed by atoms with Gasteiger partial charge in [0.2, 0.25) is 0 Å². The summed E-state index contributed by atoms with van der Waals surface area (Å²) < 4.78 is 0. The molecule has 2 heterocycles. The lowest BCUT2D eigenvalue weighted by Gasteiger charge is -2.44. The smallest absolute Gasteiger partial charge is 0.328 e. The molecule has 0 aromatic heterocycles. The molecule has 1 saturated carbocycles. The quantitative estimate of drug-likeness (QED) is 0.752. The molecule has 5 heteroatoms. The summed E-state index contributed by atoms with van der Waals surface area (Å²) in [5.74, 6) is 0.675. The Bertz CT molecular complexity index is 759. The molecule has 0 amide bonds. The monoisotopic (exact) mass is 398 g/mol. The number of carbonyl (C=O) groups is 1. The maximum absolute atomic E-state index is 11.3. The summed E-state index contributed by atoms with van der Waals surface area (Å²) in [6.45, 7) is 6.82. The Labute approximate surface area is 174 Å². The molecule has 1 aromatic rings. The van der Waals surface area contributed by atoms with Crippen molar-refractivity contribution < 1.29 is 15.0 Å². The Hall–Kier alpha value is -1.85. The number of rotatable bonds is 4. The number of aliphatic hydroxyl groups excluding tert-OH is 1. The Balaban J connectivity index is 1.42. The number of para-hydroxylation sites is 1. The zero-order chi connectivity index (χ0) is 20.5. The van der Waals surface area contributed by atoms with Gasteiger partial charge in [-0.3, -0.25) is 0 Å². The van der Waals surface area contributed by atoms with Gasteiger partial charge in [-0.2, -0.15) is 0 Å². The van der Waals surface area contributed by atoms with Gasteiger partial charge in [0.15, 0.2) is 6.23 Å². The van der Waals surface area contributed by atoms with Crippen molar-refractivity contribution in [1.82, 2.24) is 4.90 Å². The van der Waals surface area contributed by atoms with Gasteiger partial charge < -0.3 is 20.0 Å². The first kappa shape index (κ1) is 20.4. The first-order valence-electron chi connectivity index (χ1n) is 11.2. The summed E-state index contributed by atoms with van der Waals surface area (Å²) in [7, 11) is 0. The van der Waals surface area contributed by atoms with E-state index < -0.39 is 12.2 Å². The van der Waals surface area contributed by atoms with Gasteiger partial charge in [0.1, 0.15) is 0 Å². The van der Waals surface area contributed by atoms with Gasteiger partial charge in [0.05, 0.1) is 0 Å². The van der Waals surface area contributed by atoms with Crippen LogP contribution < -0.4 is 4.90 Å². The molecule has 0 spiro atoms. The van der Waals surface area contributed by atoms with E-state index in [2.05, 4.69) is 23.6 Å². The first-order valence-corrected chi connectivity index (χ1v) is 11.2. The molecule has 29 heavy (non-hydrogen) atoms. The van der Waals surface area contributed by atoms with Crippen molar-refractivity contribution >= 4 is 17.2 Å². The fraction of sp³-hybridized carbons (Fsp3) is 0.625. The maximum atomic E-state index is 11.3. The van der Waals surface area contributed by atoms with Crippen molar-refractivity contribution in [3.05, 3.63) is 35.9 Å². The highest BCUT2D eigenvalue weighted by Gasteiger charge is 2.39. The minimum atomic E-state index is -1.01. The van der Waals surface area contributed by atoms with Crippen LogP contribution in [0.5, 0.6) is 0 Å². The topological polar surface area (TPSA) is 64.0 Å². The summed E-state index contributed by atoms with van der Waals surface area (Å²) in [6, 6.07) is 8.74. The number of piperidine rings is 1. The molecule has 0 bridgehead atoms. The minimum absolute atomic E-state index is 0.245. The number of carboxylic acids is 1. The number of aliphatic carboxylic acids is 1. The van der Waals surface area contributed by atoms with Crippen LogP contribution in [0.1, 0.15) is 57.9 Å². The number of anilines is 1. The molecule has 1 saturated heterocycles. The van der Waals surface area contributed by atoms with Crippen molar-refractivity contribution in [1.29, 1.82) is 0 Å². The van der Waals surface area contributed by atoms with Crippen LogP contribution >= 0.6 is 0 Å². The molecule has 4 rings (SSSR count). The van der Waals surface area contributed by atoms with E-state index in [1.165, 1.54) is 25.7 Å². The predicted molar refractivity (Wildman–Crippen MR) is 116 cm³/mol. The fourth-order valence-corrected chi connectivity index (χ4v) is 5.71. The molecule has 158 valence electrons. The minimum Gasteiger partial charge on any atom is -0.478 e. The van der Waals surface area contributed by atoms with Gasteiger partial charge >= 0.3 is 5.97 Å². The van der Waals surface area contributed by atoms with E-state index in [1.807, 2.05) is 24.3 Å². The van der Waals surface area contributed by atoms with Gasteiger partial charge in [0, 0.05) is 48.1 Å². The molecule has 0 radical (unpaired) electrons. The average Bonchev–Trinajstić information content (AvgIpc) is 2.99. The van der Waals surface area contributed by atoms with E-state index in [9.17, 15) is 15.0 Å². The SMILES string of the molecule is CC(C)C1CCC(N2CCC(N3c4ccccc4/C(=C/C(=O)O)C3O)CC2)CC1. The molecule has 1 unspecified atom stereocenters. The molecule has 2 fully saturated rings. The Kier molecular flexibility index (Phi) is 5.98. The molecule has 1 aromatic carbocycles. The third-order valence-electron chi connectivity index (χ3n) is 7.41. The van der Waals surface area contributed by atoms with Crippen LogP contribution in [0.2, 0.25) is 0 Å². The summed E-state index contributed by atoms with van der Waals surface area (Å²) in [4.78, 5) is 16.0. The first-order chi connectivity index (χ1) is 14.0. The summed E-state index contributed by atoms with van der Waals surface area (Å²) in [5, 5.41) is 20.2. The van der Waals surface area contributed by atoms with Crippen LogP contribution in [0.25, 0.3) is 5.57 Å². The van der Waals surface area contributed by atoms with Gasteiger partial charge in [-0.05, 0) is 56.4 Å². The van der Waals surface area contributed by atoms with Crippen LogP contribution in [0, 0.1) is 11.8 Å². The van der Waals surface area contributed by atoms with Crippen LogP contribution in [0.15, 0.2) is 30.3 Å². The number of fused-ring (bicyclic) bond motifs is 1. The van der Waals surface area contributed by atoms with Crippen LogP contribution in [0.3, 0.4) is 0 Å². The average molecular weight is 399 g/mol. The number of benzene rings is 1. The van der Waals surface area contributed by atoms with Crippen LogP contribution in [0.4, 0.5) is 5.69 Å². The maximum Gasteiger partial charge on any atom is 0.328 e. The van der Waals surface area contributed by atoms with Crippen molar-refractivity contribution in [3.63, 3.8) is 0 Å². The number of carboxylic acid groups (broad SMARTS) is 1. The van der Waals surface area contributed by atoms with Gasteiger partial charge in [0.25, 0.3) is 0 Å². The Morgan fingerprint density at radius 3 is 2.31 bits per heavy atom. The van der Waals surface area contributed by atoms with E-state index >= 15 is 0 Å². The van der Waals surface area contributed by atoms with Gasteiger partial charge in [-0.15, -0.1) is 0 Å². The molecular weight excluding hydrogens is 364 g/mol. The summed E-state index contributed by atoms with van der Waals surface area (Å²) in [6.07, 6.45) is 7.63. The van der Waals surface area contributed by atoms with E-state index in [4.69, 9.17) is 0 Å². The summed E-state index contributed by atoms with van der Waals surface area (Å²) in [5.41, 5.74) is 2.31. The second kappa shape index (κ2) is 8.49. The molecule has 3 aliphatic rings. The summed E-state index contributed by atoms with van der Waals surface area (Å²) >= 11 is 0. The van der Waals surface area contributed by atoms with Gasteiger partial charge in [-0.1, -0.05) is 32.0 Å². The Morgan fingerprint density at radius 2 is 1.69 bits per heavy atom. The van der Waals surface area contributed by atoms with E-state index in [0.717, 1.165) is 55.1 Å². The molecule has 1 atom stereocenters. The van der Waals surface area contributed by atoms with Crippen molar-refractivity contribution in [3.8, 4) is 0 Å². The molecule has 2 N–H and O–H groups in total. The highest BCUT2D eigenvalue weighted by Crippen LogP contribution is 2.42. The van der Waals surface area contributed by atoms with Gasteiger partial charge in [-0.25, -0.2) is 4.79 Å². The number of hydrogen-bond acceptors (Lipinski definition) is 4. The standard InChI is InChI=1S/C24H34N2O3/c1-16(2)17-7-9-18(10-8-17)25-13-11-19(12-14-25)26-22-6-4-3-5-20(22)21(24(26)29)15-23(27)28/h3-6,15-19,24,29H,7-14H2,1-2H3,(H,27,28)/b21-15-. The second-order valence-corrected chi connectivity index (χ2v) is 9.32. The third kappa shape index (κ3) is 4.08. The largest absolute Gasteiger partial charge is 0.478 e. The van der Waals surface area contributed by atoms with Crippen molar-refractivity contribution in [2.24, 2.45) is 11.8 Å². The molecule has 1 aliphatic carbocycles. The van der Waals surface area contributed by atoms with Crippen molar-refractivity contribution in [2.45, 2.75) is 70.7 Å². The lowest BCUT2D eigenvalue weighted by atomic mass is 9.79. The molecular formula is C24H34N2O3. The molecule has 2 aliphatic heterocycles. The lowest BCUT2D eigenvalue weighted by Crippen LogP contribution is -2.50. The van der Waals surface area contributed by atoms with E-state index in [1.54, 1.807) is 0 Å². The Morgan fingerprint density at radius 1 is 1.03 bits per heavy atom. The number of nitrogens with zero attached hydrogens (tertiary/aromatic N) is 2. The second-order valence-electron chi connectivity index (χ2n) is 9.32. The molecule has 5 nitrogen and oxygen atoms in total. The number of likely N-dealkylation sites (tertiary alicyclic amines) is 1. The van der Waals surface area contributed by atoms with E-state index in [0.29, 0.717) is 11.6 Å². The lowest BCUT2D eigenvalue weighted by molar-refractivity contribution is -0.131. The zero-order valence-electron chi connectivity index (χ0n) is 17.6. The highest BCUT2D eigenvalue weighted by molar-refractivity contribution is 5.97. The fourth-order valence-electron chi connectivity index (χ4n) is 5.71. The highest BCUT2D eigenvalue weighted by atomic mass is 16.4. The normalized spacial score (nSPS) is 30.1. The predicted octanol–water partition coefficient (Wildman–Crippen LogP) is 3.97. The van der Waals surface area contributed by atoms with Crippen LogP contribution in [-0.2, 0) is 4.79 Å². The van der Waals surface area contributed by atoms with E-state index in [-0.39, 0.29) is 6.04 Å². The van der Waals surface area contributed by atoms with Crippen molar-refractivity contribution in [2.75, 3.05) is 18.0 Å². The zero-order valence-corrected chi connectivity index (χ0v) is 17.6. The number of hydrogen-bond donors (Lipinski definition) is 2.